The topological polar surface area (TPSA) is 70.0 Å². The Morgan fingerprint density at radius 3 is 2.45 bits per heavy atom. The van der Waals surface area contributed by atoms with Crippen molar-refractivity contribution in [1.29, 1.82) is 5.26 Å². The van der Waals surface area contributed by atoms with Crippen LogP contribution in [0.4, 0.5) is 0 Å². The maximum atomic E-state index is 12.5. The van der Waals surface area contributed by atoms with E-state index in [1.165, 1.54) is 0 Å². The van der Waals surface area contributed by atoms with E-state index in [9.17, 15) is 8.42 Å². The van der Waals surface area contributed by atoms with Crippen molar-refractivity contribution in [1.82, 2.24) is 5.32 Å². The molecule has 0 bridgehead atoms. The van der Waals surface area contributed by atoms with Gasteiger partial charge in [0.1, 0.15) is 0 Å². The van der Waals surface area contributed by atoms with Gasteiger partial charge in [-0.2, -0.15) is 5.26 Å². The van der Waals surface area contributed by atoms with Gasteiger partial charge >= 0.3 is 0 Å². The summed E-state index contributed by atoms with van der Waals surface area (Å²) >= 11 is 0. The molecular formula is C15H20N2O2S. The molecule has 0 amide bonds. The van der Waals surface area contributed by atoms with Crippen LogP contribution in [0.5, 0.6) is 0 Å². The van der Waals surface area contributed by atoms with Crippen LogP contribution in [0.15, 0.2) is 24.3 Å². The van der Waals surface area contributed by atoms with Gasteiger partial charge in [-0.3, -0.25) is 0 Å². The van der Waals surface area contributed by atoms with Gasteiger partial charge in [-0.1, -0.05) is 12.1 Å². The van der Waals surface area contributed by atoms with Crippen LogP contribution >= 0.6 is 0 Å². The zero-order valence-electron chi connectivity index (χ0n) is 11.7. The van der Waals surface area contributed by atoms with Gasteiger partial charge in [-0.25, -0.2) is 8.42 Å². The molecule has 1 unspecified atom stereocenters. The number of hydrogen-bond donors (Lipinski definition) is 1. The molecule has 0 aromatic heterocycles. The van der Waals surface area contributed by atoms with E-state index in [-0.39, 0.29) is 16.9 Å². The highest BCUT2D eigenvalue weighted by atomic mass is 32.2. The lowest BCUT2D eigenvalue weighted by Gasteiger charge is -2.28. The van der Waals surface area contributed by atoms with Crippen LogP contribution in [0.3, 0.4) is 0 Å². The Labute approximate surface area is 120 Å². The molecule has 1 aromatic rings. The fourth-order valence-corrected chi connectivity index (χ4v) is 4.42. The monoisotopic (exact) mass is 292 g/mol. The summed E-state index contributed by atoms with van der Waals surface area (Å²) in [6, 6.07) is 8.82. The maximum Gasteiger partial charge on any atom is 0.157 e. The van der Waals surface area contributed by atoms with Gasteiger partial charge in [-0.05, 0) is 56.5 Å². The third-order valence-corrected chi connectivity index (χ3v) is 6.32. The Morgan fingerprint density at radius 1 is 1.30 bits per heavy atom. The zero-order chi connectivity index (χ0) is 14.6. The molecule has 1 aliphatic heterocycles. The average molecular weight is 292 g/mol. The van der Waals surface area contributed by atoms with Gasteiger partial charge in [0, 0.05) is 0 Å². The van der Waals surface area contributed by atoms with Crippen molar-refractivity contribution in [3.05, 3.63) is 35.4 Å². The van der Waals surface area contributed by atoms with Gasteiger partial charge in [-0.15, -0.1) is 0 Å². The number of benzene rings is 1. The number of sulfone groups is 1. The summed E-state index contributed by atoms with van der Waals surface area (Å²) in [6.45, 7) is 3.64. The minimum atomic E-state index is -3.14. The highest BCUT2D eigenvalue weighted by Gasteiger charge is 2.30. The second kappa shape index (κ2) is 6.38. The molecule has 20 heavy (non-hydrogen) atoms. The van der Waals surface area contributed by atoms with E-state index in [2.05, 4.69) is 5.32 Å². The van der Waals surface area contributed by atoms with Crippen molar-refractivity contribution >= 4 is 9.84 Å². The molecule has 2 rings (SSSR count). The van der Waals surface area contributed by atoms with Crippen LogP contribution in [-0.4, -0.2) is 26.8 Å². The smallest absolute Gasteiger partial charge is 0.157 e. The Bertz CT molecular complexity index is 581. The van der Waals surface area contributed by atoms with Gasteiger partial charge in [0.25, 0.3) is 0 Å². The maximum absolute atomic E-state index is 12.5. The first-order chi connectivity index (χ1) is 9.53. The molecule has 1 aromatic carbocycles. The second-order valence-corrected chi connectivity index (χ2v) is 7.77. The van der Waals surface area contributed by atoms with Crippen molar-refractivity contribution in [3.63, 3.8) is 0 Å². The summed E-state index contributed by atoms with van der Waals surface area (Å²) in [7, 11) is -3.14. The first kappa shape index (κ1) is 15.0. The van der Waals surface area contributed by atoms with Gasteiger partial charge in [0.2, 0.25) is 0 Å². The summed E-state index contributed by atoms with van der Waals surface area (Å²) in [6.07, 6.45) is 1.85. The Balaban J connectivity index is 2.07. The van der Waals surface area contributed by atoms with Crippen molar-refractivity contribution in [2.75, 3.05) is 13.1 Å². The van der Waals surface area contributed by atoms with E-state index in [4.69, 9.17) is 5.26 Å². The summed E-state index contributed by atoms with van der Waals surface area (Å²) in [5, 5.41) is 11.7. The number of rotatable bonds is 4. The number of piperidine rings is 1. The molecule has 0 spiro atoms. The first-order valence-electron chi connectivity index (χ1n) is 6.94. The summed E-state index contributed by atoms with van der Waals surface area (Å²) < 4.78 is 24.9. The number of nitrogens with zero attached hydrogens (tertiary/aromatic N) is 1. The molecule has 0 radical (unpaired) electrons. The molecule has 1 saturated heterocycles. The standard InChI is InChI=1S/C15H20N2O2S/c1-12(15-6-8-17-9-7-15)20(18,19)11-14-4-2-13(10-16)3-5-14/h2-5,12,15,17H,6-9,11H2,1H3. The highest BCUT2D eigenvalue weighted by molar-refractivity contribution is 7.91. The van der Waals surface area contributed by atoms with E-state index in [1.807, 2.05) is 13.0 Å². The number of nitrogens with one attached hydrogen (secondary N) is 1. The molecule has 1 atom stereocenters. The van der Waals surface area contributed by atoms with Crippen LogP contribution < -0.4 is 5.32 Å². The molecule has 1 N–H and O–H groups in total. The third kappa shape index (κ3) is 3.59. The lowest BCUT2D eigenvalue weighted by molar-refractivity contribution is 0.363. The minimum absolute atomic E-state index is 0.0593. The molecule has 108 valence electrons. The van der Waals surface area contributed by atoms with Gasteiger partial charge in [0.05, 0.1) is 22.6 Å². The summed E-state index contributed by atoms with van der Waals surface area (Å²) in [4.78, 5) is 0. The van der Waals surface area contributed by atoms with E-state index in [0.717, 1.165) is 31.5 Å². The average Bonchev–Trinajstić information content (AvgIpc) is 2.48. The van der Waals surface area contributed by atoms with Gasteiger partial charge in [0.15, 0.2) is 9.84 Å². The second-order valence-electron chi connectivity index (χ2n) is 5.41. The van der Waals surface area contributed by atoms with E-state index >= 15 is 0 Å². The quantitative estimate of drug-likeness (QED) is 0.919. The minimum Gasteiger partial charge on any atom is -0.317 e. The molecule has 4 nitrogen and oxygen atoms in total. The van der Waals surface area contributed by atoms with Crippen LogP contribution in [0.2, 0.25) is 0 Å². The van der Waals surface area contributed by atoms with Crippen molar-refractivity contribution in [2.24, 2.45) is 5.92 Å². The Kier molecular flexibility index (Phi) is 4.79. The van der Waals surface area contributed by atoms with Crippen LogP contribution in [0, 0.1) is 17.2 Å². The molecule has 0 saturated carbocycles. The number of hydrogen-bond acceptors (Lipinski definition) is 4. The van der Waals surface area contributed by atoms with Crippen molar-refractivity contribution < 1.29 is 8.42 Å². The molecule has 5 heteroatoms. The van der Waals surface area contributed by atoms with Crippen LogP contribution in [-0.2, 0) is 15.6 Å². The van der Waals surface area contributed by atoms with Gasteiger partial charge < -0.3 is 5.32 Å². The fourth-order valence-electron chi connectivity index (χ4n) is 2.65. The molecule has 0 aliphatic carbocycles. The highest BCUT2D eigenvalue weighted by Crippen LogP contribution is 2.24. The molecule has 1 fully saturated rings. The predicted molar refractivity (Wildman–Crippen MR) is 78.8 cm³/mol. The third-order valence-electron chi connectivity index (χ3n) is 4.07. The SMILES string of the molecule is CC(C1CCNCC1)S(=O)(=O)Cc1ccc(C#N)cc1. The largest absolute Gasteiger partial charge is 0.317 e. The van der Waals surface area contributed by atoms with E-state index in [1.54, 1.807) is 24.3 Å². The summed E-state index contributed by atoms with van der Waals surface area (Å²) in [5.74, 6) is 0.309. The fraction of sp³-hybridized carbons (Fsp3) is 0.533. The molecule has 1 aliphatic rings. The Hall–Kier alpha value is -1.38. The van der Waals surface area contributed by atoms with E-state index < -0.39 is 9.84 Å². The number of nitriles is 1. The first-order valence-corrected chi connectivity index (χ1v) is 8.66. The zero-order valence-corrected chi connectivity index (χ0v) is 12.5. The van der Waals surface area contributed by atoms with E-state index in [0.29, 0.717) is 5.56 Å². The summed E-state index contributed by atoms with van der Waals surface area (Å²) in [5.41, 5.74) is 1.31. The lowest BCUT2D eigenvalue weighted by atomic mass is 9.95. The molecule has 1 heterocycles. The predicted octanol–water partition coefficient (Wildman–Crippen LogP) is 1.86. The van der Waals surface area contributed by atoms with Crippen molar-refractivity contribution in [2.45, 2.75) is 30.8 Å². The van der Waals surface area contributed by atoms with Crippen molar-refractivity contribution in [3.8, 4) is 6.07 Å². The molecular weight excluding hydrogens is 272 g/mol. The van der Waals surface area contributed by atoms with Crippen LogP contribution in [0.25, 0.3) is 0 Å². The lowest BCUT2D eigenvalue weighted by Crippen LogP contribution is -2.36. The Morgan fingerprint density at radius 2 is 1.90 bits per heavy atom. The normalized spacial score (nSPS) is 18.4. The van der Waals surface area contributed by atoms with Crippen LogP contribution in [0.1, 0.15) is 30.9 Å².